The summed E-state index contributed by atoms with van der Waals surface area (Å²) in [6.07, 6.45) is 3.22. The lowest BCUT2D eigenvalue weighted by Gasteiger charge is -2.14. The maximum Gasteiger partial charge on any atom is 0.407 e. The molecule has 0 saturated heterocycles. The third-order valence-corrected chi connectivity index (χ3v) is 5.32. The fraction of sp³-hybridized carbons (Fsp3) is 0.120. The van der Waals surface area contributed by atoms with Gasteiger partial charge in [-0.25, -0.2) is 10.6 Å². The highest BCUT2D eigenvalue weighted by molar-refractivity contribution is 5.93. The van der Waals surface area contributed by atoms with Gasteiger partial charge in [-0.1, -0.05) is 72.8 Å². The molecule has 4 rings (SSSR count). The van der Waals surface area contributed by atoms with Gasteiger partial charge in [0.1, 0.15) is 6.61 Å². The molecule has 0 aromatic heterocycles. The first-order chi connectivity index (χ1) is 15.2. The van der Waals surface area contributed by atoms with Gasteiger partial charge in [0.15, 0.2) is 0 Å². The largest absolute Gasteiger partial charge is 0.449 e. The standard InChI is InChI=1S/C25H23N3O3/c26-28-24(29)18-13-11-17(12-14-18)6-5-15-27-25(30)31-16-23-21-9-3-1-7-19(21)20-8-2-4-10-22(20)23/h1-14,23H,15-16,26H2,(H,27,30)(H,28,29). The van der Waals surface area contributed by atoms with E-state index in [2.05, 4.69) is 35.0 Å². The lowest BCUT2D eigenvalue weighted by atomic mass is 9.98. The smallest absolute Gasteiger partial charge is 0.407 e. The van der Waals surface area contributed by atoms with Crippen molar-refractivity contribution in [2.24, 2.45) is 5.84 Å². The van der Waals surface area contributed by atoms with Crippen LogP contribution < -0.4 is 16.6 Å². The van der Waals surface area contributed by atoms with Gasteiger partial charge in [-0.2, -0.15) is 0 Å². The molecule has 6 nitrogen and oxygen atoms in total. The number of carbonyl (C=O) groups excluding carboxylic acids is 2. The molecule has 1 aliphatic rings. The molecule has 0 radical (unpaired) electrons. The van der Waals surface area contributed by atoms with E-state index in [-0.39, 0.29) is 18.4 Å². The average molecular weight is 413 g/mol. The number of fused-ring (bicyclic) bond motifs is 3. The van der Waals surface area contributed by atoms with Crippen molar-refractivity contribution in [1.82, 2.24) is 10.7 Å². The van der Waals surface area contributed by atoms with Crippen LogP contribution in [0.25, 0.3) is 17.2 Å². The minimum absolute atomic E-state index is 0.0397. The Hall–Kier alpha value is -3.90. The Morgan fingerprint density at radius 3 is 2.13 bits per heavy atom. The number of carbonyl (C=O) groups is 2. The normalized spacial score (nSPS) is 12.3. The van der Waals surface area contributed by atoms with Crippen LogP contribution in [0.15, 0.2) is 78.9 Å². The summed E-state index contributed by atoms with van der Waals surface area (Å²) in [5.74, 6) is 4.81. The highest BCUT2D eigenvalue weighted by atomic mass is 16.5. The Morgan fingerprint density at radius 2 is 1.52 bits per heavy atom. The summed E-state index contributed by atoms with van der Waals surface area (Å²) in [4.78, 5) is 23.6. The quantitative estimate of drug-likeness (QED) is 0.325. The van der Waals surface area contributed by atoms with E-state index in [0.29, 0.717) is 12.1 Å². The molecule has 31 heavy (non-hydrogen) atoms. The van der Waals surface area contributed by atoms with Crippen molar-refractivity contribution >= 4 is 18.1 Å². The minimum Gasteiger partial charge on any atom is -0.449 e. The van der Waals surface area contributed by atoms with E-state index in [4.69, 9.17) is 10.6 Å². The van der Waals surface area contributed by atoms with Crippen molar-refractivity contribution in [3.8, 4) is 11.1 Å². The van der Waals surface area contributed by atoms with Crippen LogP contribution >= 0.6 is 0 Å². The van der Waals surface area contributed by atoms with Crippen molar-refractivity contribution in [1.29, 1.82) is 0 Å². The van der Waals surface area contributed by atoms with E-state index < -0.39 is 6.09 Å². The molecule has 0 unspecified atom stereocenters. The number of hydrogen-bond acceptors (Lipinski definition) is 4. The highest BCUT2D eigenvalue weighted by Gasteiger charge is 2.28. The molecule has 0 aliphatic heterocycles. The van der Waals surface area contributed by atoms with Crippen LogP contribution in [0.3, 0.4) is 0 Å². The molecular weight excluding hydrogens is 390 g/mol. The number of nitrogen functional groups attached to an aromatic ring is 1. The summed E-state index contributed by atoms with van der Waals surface area (Å²) in [7, 11) is 0. The summed E-state index contributed by atoms with van der Waals surface area (Å²) >= 11 is 0. The number of ether oxygens (including phenoxy) is 1. The van der Waals surface area contributed by atoms with Gasteiger partial charge in [-0.15, -0.1) is 0 Å². The second kappa shape index (κ2) is 9.28. The zero-order valence-electron chi connectivity index (χ0n) is 16.9. The van der Waals surface area contributed by atoms with E-state index in [1.165, 1.54) is 22.3 Å². The number of benzene rings is 3. The van der Waals surface area contributed by atoms with E-state index >= 15 is 0 Å². The predicted octanol–water partition coefficient (Wildman–Crippen LogP) is 3.84. The second-order valence-corrected chi connectivity index (χ2v) is 7.20. The van der Waals surface area contributed by atoms with Gasteiger partial charge in [-0.05, 0) is 39.9 Å². The highest BCUT2D eigenvalue weighted by Crippen LogP contribution is 2.44. The van der Waals surface area contributed by atoms with E-state index in [1.807, 2.05) is 36.4 Å². The van der Waals surface area contributed by atoms with Crippen molar-refractivity contribution in [3.63, 3.8) is 0 Å². The Morgan fingerprint density at radius 1 is 0.903 bits per heavy atom. The third-order valence-electron chi connectivity index (χ3n) is 5.32. The lowest BCUT2D eigenvalue weighted by molar-refractivity contribution is 0.0953. The van der Waals surface area contributed by atoms with E-state index in [1.54, 1.807) is 24.3 Å². The van der Waals surface area contributed by atoms with Crippen LogP contribution in [0.5, 0.6) is 0 Å². The Kier molecular flexibility index (Phi) is 6.10. The molecule has 6 heteroatoms. The first kappa shape index (κ1) is 20.4. The van der Waals surface area contributed by atoms with Gasteiger partial charge in [0, 0.05) is 18.0 Å². The number of alkyl carbamates (subject to hydrolysis) is 1. The summed E-state index contributed by atoms with van der Waals surface area (Å²) in [6, 6.07) is 23.4. The lowest BCUT2D eigenvalue weighted by Crippen LogP contribution is -2.29. The van der Waals surface area contributed by atoms with E-state index in [9.17, 15) is 9.59 Å². The molecule has 1 aliphatic carbocycles. The average Bonchev–Trinajstić information content (AvgIpc) is 3.14. The molecule has 0 fully saturated rings. The molecule has 3 aromatic carbocycles. The van der Waals surface area contributed by atoms with Crippen LogP contribution in [0, 0.1) is 0 Å². The maximum atomic E-state index is 12.2. The topological polar surface area (TPSA) is 93.5 Å². The first-order valence-electron chi connectivity index (χ1n) is 10.0. The van der Waals surface area contributed by atoms with Crippen LogP contribution in [-0.2, 0) is 4.74 Å². The molecule has 4 N–H and O–H groups in total. The zero-order chi connectivity index (χ0) is 21.6. The summed E-state index contributed by atoms with van der Waals surface area (Å²) in [5.41, 5.74) is 8.24. The molecular formula is C25H23N3O3. The number of nitrogens with one attached hydrogen (secondary N) is 2. The molecule has 2 amide bonds. The van der Waals surface area contributed by atoms with Crippen LogP contribution in [-0.4, -0.2) is 25.2 Å². The molecule has 0 heterocycles. The Bertz CT molecular complexity index is 1080. The molecule has 0 spiro atoms. The monoisotopic (exact) mass is 413 g/mol. The van der Waals surface area contributed by atoms with Gasteiger partial charge < -0.3 is 10.1 Å². The zero-order valence-corrected chi connectivity index (χ0v) is 16.9. The van der Waals surface area contributed by atoms with Crippen molar-refractivity contribution in [2.75, 3.05) is 13.2 Å². The van der Waals surface area contributed by atoms with Crippen molar-refractivity contribution in [3.05, 3.63) is 101 Å². The number of hydrazine groups is 1. The number of rotatable bonds is 6. The second-order valence-electron chi connectivity index (χ2n) is 7.20. The summed E-state index contributed by atoms with van der Waals surface area (Å²) in [5, 5.41) is 2.73. The molecule has 0 bridgehead atoms. The first-order valence-corrected chi connectivity index (χ1v) is 10.0. The number of nitrogens with two attached hydrogens (primary N) is 1. The van der Waals surface area contributed by atoms with Gasteiger partial charge in [0.05, 0.1) is 0 Å². The summed E-state index contributed by atoms with van der Waals surface area (Å²) < 4.78 is 5.51. The molecule has 156 valence electrons. The third kappa shape index (κ3) is 4.49. The fourth-order valence-corrected chi connectivity index (χ4v) is 3.82. The van der Waals surface area contributed by atoms with Crippen molar-refractivity contribution < 1.29 is 14.3 Å². The predicted molar refractivity (Wildman–Crippen MR) is 120 cm³/mol. The molecule has 0 atom stereocenters. The van der Waals surface area contributed by atoms with E-state index in [0.717, 1.165) is 5.56 Å². The van der Waals surface area contributed by atoms with Crippen LogP contribution in [0.1, 0.15) is 33.0 Å². The van der Waals surface area contributed by atoms with Gasteiger partial charge in [0.25, 0.3) is 5.91 Å². The van der Waals surface area contributed by atoms with Crippen LogP contribution in [0.4, 0.5) is 4.79 Å². The Labute approximate surface area is 180 Å². The van der Waals surface area contributed by atoms with Crippen molar-refractivity contribution in [2.45, 2.75) is 5.92 Å². The van der Waals surface area contributed by atoms with Gasteiger partial charge in [-0.3, -0.25) is 10.2 Å². The Balaban J connectivity index is 1.29. The SMILES string of the molecule is NNC(=O)c1ccc(C=CCNC(=O)OCC2c3ccccc3-c3ccccc32)cc1. The molecule has 0 saturated carbocycles. The van der Waals surface area contributed by atoms with Gasteiger partial charge in [0.2, 0.25) is 0 Å². The maximum absolute atomic E-state index is 12.2. The minimum atomic E-state index is -0.457. The summed E-state index contributed by atoms with van der Waals surface area (Å²) in [6.45, 7) is 0.621. The number of hydrogen-bond donors (Lipinski definition) is 3. The fourth-order valence-electron chi connectivity index (χ4n) is 3.82. The van der Waals surface area contributed by atoms with Gasteiger partial charge >= 0.3 is 6.09 Å². The number of amides is 2. The van der Waals surface area contributed by atoms with Crippen LogP contribution in [0.2, 0.25) is 0 Å². The molecule has 3 aromatic rings.